The molecule has 0 aliphatic rings. The van der Waals surface area contributed by atoms with E-state index in [2.05, 4.69) is 27.3 Å². The van der Waals surface area contributed by atoms with Crippen LogP contribution in [-0.4, -0.2) is 0 Å². The lowest BCUT2D eigenvalue weighted by Crippen LogP contribution is -1.99. The van der Waals surface area contributed by atoms with Crippen LogP contribution in [0.25, 0.3) is 0 Å². The molecule has 0 fully saturated rings. The maximum atomic E-state index is 8.74. The predicted octanol–water partition coefficient (Wildman–Crippen LogP) is 5.30. The molecule has 0 bridgehead atoms. The van der Waals surface area contributed by atoms with Gasteiger partial charge in [0.2, 0.25) is 0 Å². The summed E-state index contributed by atoms with van der Waals surface area (Å²) in [5.41, 5.74) is 1.37. The van der Waals surface area contributed by atoms with Crippen molar-refractivity contribution in [2.24, 2.45) is 0 Å². The largest absolute Gasteiger partial charge is 0.378 e. The molecular formula is C12H7BrCl2N2S. The van der Waals surface area contributed by atoms with Crippen LogP contribution in [0.1, 0.15) is 10.4 Å². The van der Waals surface area contributed by atoms with Crippen LogP contribution in [0.3, 0.4) is 0 Å². The van der Waals surface area contributed by atoms with Gasteiger partial charge in [-0.25, -0.2) is 0 Å². The average Bonchev–Trinajstić information content (AvgIpc) is 2.75. The van der Waals surface area contributed by atoms with Crippen molar-refractivity contribution in [3.63, 3.8) is 0 Å². The molecule has 1 aromatic heterocycles. The molecule has 0 saturated heterocycles. The van der Waals surface area contributed by atoms with E-state index in [-0.39, 0.29) is 0 Å². The van der Waals surface area contributed by atoms with E-state index in [4.69, 9.17) is 28.5 Å². The normalized spacial score (nSPS) is 10.1. The molecule has 1 heterocycles. The van der Waals surface area contributed by atoms with Gasteiger partial charge in [-0.1, -0.05) is 39.1 Å². The second kappa shape index (κ2) is 5.94. The standard InChI is InChI=1S/C12H7BrCl2N2S/c13-8-2-10(14)12(11(15)3-8)17-5-9-1-7(4-16)6-18-9/h1-3,6,17H,5H2. The number of nitriles is 1. The van der Waals surface area contributed by atoms with Crippen LogP contribution >= 0.6 is 50.5 Å². The molecule has 18 heavy (non-hydrogen) atoms. The molecule has 2 rings (SSSR count). The fourth-order valence-corrected chi connectivity index (χ4v) is 3.51. The minimum Gasteiger partial charge on any atom is -0.378 e. The average molecular weight is 362 g/mol. The van der Waals surface area contributed by atoms with Gasteiger partial charge in [-0.3, -0.25) is 0 Å². The van der Waals surface area contributed by atoms with Crippen LogP contribution < -0.4 is 5.32 Å². The highest BCUT2D eigenvalue weighted by Gasteiger charge is 2.08. The van der Waals surface area contributed by atoms with Gasteiger partial charge in [0.05, 0.1) is 21.3 Å². The molecule has 2 aromatic rings. The van der Waals surface area contributed by atoms with Crippen molar-refractivity contribution in [2.75, 3.05) is 5.32 Å². The number of hydrogen-bond donors (Lipinski definition) is 1. The van der Waals surface area contributed by atoms with E-state index in [1.54, 1.807) is 12.1 Å². The molecule has 92 valence electrons. The number of nitrogens with one attached hydrogen (secondary N) is 1. The fraction of sp³-hybridized carbons (Fsp3) is 0.0833. The number of nitrogens with zero attached hydrogens (tertiary/aromatic N) is 1. The lowest BCUT2D eigenvalue weighted by Gasteiger charge is -2.09. The summed E-state index contributed by atoms with van der Waals surface area (Å²) in [6.45, 7) is 0.591. The highest BCUT2D eigenvalue weighted by atomic mass is 79.9. The molecule has 0 spiro atoms. The Bertz CT molecular complexity index is 596. The van der Waals surface area contributed by atoms with E-state index in [1.807, 2.05) is 11.4 Å². The molecule has 0 saturated carbocycles. The van der Waals surface area contributed by atoms with Crippen molar-refractivity contribution in [1.29, 1.82) is 5.26 Å². The molecule has 0 amide bonds. The van der Waals surface area contributed by atoms with Crippen LogP contribution in [0.5, 0.6) is 0 Å². The summed E-state index contributed by atoms with van der Waals surface area (Å²) < 4.78 is 0.839. The smallest absolute Gasteiger partial charge is 0.100 e. The van der Waals surface area contributed by atoms with E-state index in [0.29, 0.717) is 27.8 Å². The molecule has 6 heteroatoms. The Labute approximate surface area is 127 Å². The van der Waals surface area contributed by atoms with Gasteiger partial charge in [0, 0.05) is 21.3 Å². The zero-order valence-electron chi connectivity index (χ0n) is 9.01. The van der Waals surface area contributed by atoms with Crippen molar-refractivity contribution in [3.8, 4) is 6.07 Å². The first kappa shape index (κ1) is 13.7. The van der Waals surface area contributed by atoms with Gasteiger partial charge in [0.25, 0.3) is 0 Å². The highest BCUT2D eigenvalue weighted by molar-refractivity contribution is 9.10. The Hall–Kier alpha value is -0.730. The fourth-order valence-electron chi connectivity index (χ4n) is 1.42. The maximum Gasteiger partial charge on any atom is 0.100 e. The van der Waals surface area contributed by atoms with Gasteiger partial charge in [0.15, 0.2) is 0 Å². The van der Waals surface area contributed by atoms with Gasteiger partial charge in [-0.15, -0.1) is 11.3 Å². The first-order chi connectivity index (χ1) is 8.60. The van der Waals surface area contributed by atoms with Gasteiger partial charge in [-0.2, -0.15) is 5.26 Å². The van der Waals surface area contributed by atoms with Crippen molar-refractivity contribution in [1.82, 2.24) is 0 Å². The number of hydrogen-bond acceptors (Lipinski definition) is 3. The maximum absolute atomic E-state index is 8.74. The van der Waals surface area contributed by atoms with Crippen molar-refractivity contribution in [3.05, 3.63) is 48.5 Å². The van der Waals surface area contributed by atoms with E-state index >= 15 is 0 Å². The lowest BCUT2D eigenvalue weighted by molar-refractivity contribution is 1.19. The third kappa shape index (κ3) is 3.18. The zero-order chi connectivity index (χ0) is 13.1. The van der Waals surface area contributed by atoms with E-state index in [0.717, 1.165) is 9.35 Å². The summed E-state index contributed by atoms with van der Waals surface area (Å²) in [5, 5.41) is 14.9. The number of benzene rings is 1. The molecule has 0 aliphatic heterocycles. The second-order valence-electron chi connectivity index (χ2n) is 3.51. The summed E-state index contributed by atoms with van der Waals surface area (Å²) in [4.78, 5) is 1.06. The second-order valence-corrected chi connectivity index (χ2v) is 6.24. The summed E-state index contributed by atoms with van der Waals surface area (Å²) in [6, 6.07) is 7.51. The van der Waals surface area contributed by atoms with Crippen molar-refractivity contribution < 1.29 is 0 Å². The van der Waals surface area contributed by atoms with Crippen LogP contribution in [0.4, 0.5) is 5.69 Å². The Morgan fingerprint density at radius 1 is 1.28 bits per heavy atom. The molecule has 0 aliphatic carbocycles. The molecule has 0 radical (unpaired) electrons. The number of anilines is 1. The van der Waals surface area contributed by atoms with Gasteiger partial charge in [-0.05, 0) is 18.2 Å². The lowest BCUT2D eigenvalue weighted by atomic mass is 10.3. The summed E-state index contributed by atoms with van der Waals surface area (Å²) in [7, 11) is 0. The summed E-state index contributed by atoms with van der Waals surface area (Å²) >= 11 is 17.1. The van der Waals surface area contributed by atoms with E-state index in [9.17, 15) is 0 Å². The van der Waals surface area contributed by atoms with Crippen LogP contribution in [0.2, 0.25) is 10.0 Å². The SMILES string of the molecule is N#Cc1csc(CNc2c(Cl)cc(Br)cc2Cl)c1. The number of thiophene rings is 1. The molecule has 1 aromatic carbocycles. The first-order valence-electron chi connectivity index (χ1n) is 4.96. The monoisotopic (exact) mass is 360 g/mol. The van der Waals surface area contributed by atoms with Crippen LogP contribution in [-0.2, 0) is 6.54 Å². The van der Waals surface area contributed by atoms with Crippen molar-refractivity contribution >= 4 is 56.2 Å². The zero-order valence-corrected chi connectivity index (χ0v) is 12.9. The van der Waals surface area contributed by atoms with Crippen molar-refractivity contribution in [2.45, 2.75) is 6.54 Å². The molecule has 0 unspecified atom stereocenters. The minimum absolute atomic E-state index is 0.562. The summed E-state index contributed by atoms with van der Waals surface area (Å²) in [6.07, 6.45) is 0. The highest BCUT2D eigenvalue weighted by Crippen LogP contribution is 2.34. The Balaban J connectivity index is 2.13. The quantitative estimate of drug-likeness (QED) is 0.804. The van der Waals surface area contributed by atoms with Gasteiger partial charge >= 0.3 is 0 Å². The summed E-state index contributed by atoms with van der Waals surface area (Å²) in [5.74, 6) is 0. The van der Waals surface area contributed by atoms with Crippen LogP contribution in [0.15, 0.2) is 28.1 Å². The Morgan fingerprint density at radius 2 is 1.94 bits per heavy atom. The Kier molecular flexibility index (Phi) is 4.52. The minimum atomic E-state index is 0.562. The van der Waals surface area contributed by atoms with Gasteiger partial charge in [0.1, 0.15) is 6.07 Å². The molecule has 2 nitrogen and oxygen atoms in total. The predicted molar refractivity (Wildman–Crippen MR) is 80.5 cm³/mol. The van der Waals surface area contributed by atoms with Crippen LogP contribution in [0, 0.1) is 11.3 Å². The topological polar surface area (TPSA) is 35.8 Å². The first-order valence-corrected chi connectivity index (χ1v) is 7.39. The molecule has 1 N–H and O–H groups in total. The molecule has 0 atom stereocenters. The number of halogens is 3. The third-order valence-electron chi connectivity index (χ3n) is 2.23. The van der Waals surface area contributed by atoms with E-state index in [1.165, 1.54) is 11.3 Å². The number of rotatable bonds is 3. The van der Waals surface area contributed by atoms with E-state index < -0.39 is 0 Å². The van der Waals surface area contributed by atoms with Gasteiger partial charge < -0.3 is 5.32 Å². The third-order valence-corrected chi connectivity index (χ3v) is 4.22. The Morgan fingerprint density at radius 3 is 2.50 bits per heavy atom. The molecular weight excluding hydrogens is 355 g/mol.